The van der Waals surface area contributed by atoms with E-state index in [9.17, 15) is 18.0 Å². The van der Waals surface area contributed by atoms with Crippen LogP contribution in [0.15, 0.2) is 42.5 Å². The van der Waals surface area contributed by atoms with E-state index in [1.54, 1.807) is 0 Å². The van der Waals surface area contributed by atoms with Crippen LogP contribution in [-0.4, -0.2) is 32.1 Å². The molecule has 2 aromatic rings. The third-order valence-corrected chi connectivity index (χ3v) is 3.99. The standard InChI is InChI=1S/C19H16F3NO2/c20-15-2-1-3-16(21)14(15)5-7-19(24)13-4-6-18(17(22)12-13)23-8-10-25-11-9-23/h1-7,12H,8-11H2/b7-5+. The molecule has 3 rings (SSSR count). The molecule has 0 radical (unpaired) electrons. The number of benzene rings is 2. The lowest BCUT2D eigenvalue weighted by Crippen LogP contribution is -2.36. The fourth-order valence-electron chi connectivity index (χ4n) is 2.65. The second kappa shape index (κ2) is 7.53. The van der Waals surface area contributed by atoms with Gasteiger partial charge < -0.3 is 9.64 Å². The lowest BCUT2D eigenvalue weighted by atomic mass is 10.1. The van der Waals surface area contributed by atoms with Gasteiger partial charge in [0.2, 0.25) is 0 Å². The number of ketones is 1. The number of allylic oxidation sites excluding steroid dienone is 1. The van der Waals surface area contributed by atoms with Gasteiger partial charge in [-0.1, -0.05) is 6.07 Å². The molecule has 3 nitrogen and oxygen atoms in total. The molecule has 1 heterocycles. The van der Waals surface area contributed by atoms with Crippen LogP contribution in [0.2, 0.25) is 0 Å². The van der Waals surface area contributed by atoms with Gasteiger partial charge in [0.1, 0.15) is 17.5 Å². The van der Waals surface area contributed by atoms with Crippen molar-refractivity contribution in [2.45, 2.75) is 0 Å². The zero-order valence-corrected chi connectivity index (χ0v) is 13.3. The summed E-state index contributed by atoms with van der Waals surface area (Å²) >= 11 is 0. The first-order valence-electron chi connectivity index (χ1n) is 7.85. The van der Waals surface area contributed by atoms with Gasteiger partial charge in [-0.05, 0) is 42.5 Å². The molecular weight excluding hydrogens is 331 g/mol. The van der Waals surface area contributed by atoms with Crippen molar-refractivity contribution in [2.75, 3.05) is 31.2 Å². The van der Waals surface area contributed by atoms with Crippen molar-refractivity contribution in [3.63, 3.8) is 0 Å². The van der Waals surface area contributed by atoms with Crippen molar-refractivity contribution in [1.82, 2.24) is 0 Å². The SMILES string of the molecule is O=C(/C=C/c1c(F)cccc1F)c1ccc(N2CCOCC2)c(F)c1. The minimum atomic E-state index is -0.766. The Hall–Kier alpha value is -2.60. The van der Waals surface area contributed by atoms with Gasteiger partial charge in [0, 0.05) is 24.2 Å². The van der Waals surface area contributed by atoms with E-state index in [-0.39, 0.29) is 11.1 Å². The van der Waals surface area contributed by atoms with Gasteiger partial charge >= 0.3 is 0 Å². The number of rotatable bonds is 4. The third-order valence-electron chi connectivity index (χ3n) is 3.99. The molecule has 0 aromatic heterocycles. The van der Waals surface area contributed by atoms with Crippen LogP contribution in [0.4, 0.5) is 18.9 Å². The van der Waals surface area contributed by atoms with Gasteiger partial charge in [0.25, 0.3) is 0 Å². The van der Waals surface area contributed by atoms with Crippen LogP contribution in [0.25, 0.3) is 6.08 Å². The Bertz CT molecular complexity index is 794. The summed E-state index contributed by atoms with van der Waals surface area (Å²) in [5.41, 5.74) is 0.216. The van der Waals surface area contributed by atoms with Gasteiger partial charge in [-0.2, -0.15) is 0 Å². The lowest BCUT2D eigenvalue weighted by molar-refractivity contribution is 0.104. The number of hydrogen-bond acceptors (Lipinski definition) is 3. The van der Waals surface area contributed by atoms with Gasteiger partial charge in [-0.25, -0.2) is 13.2 Å². The van der Waals surface area contributed by atoms with Gasteiger partial charge in [0.05, 0.1) is 18.9 Å². The minimum absolute atomic E-state index is 0.113. The highest BCUT2D eigenvalue weighted by Crippen LogP contribution is 2.22. The first kappa shape index (κ1) is 17.2. The second-order valence-electron chi connectivity index (χ2n) is 5.60. The van der Waals surface area contributed by atoms with E-state index in [0.717, 1.165) is 30.4 Å². The Morgan fingerprint density at radius 2 is 1.68 bits per heavy atom. The van der Waals surface area contributed by atoms with Crippen molar-refractivity contribution in [3.8, 4) is 0 Å². The summed E-state index contributed by atoms with van der Waals surface area (Å²) in [6.07, 6.45) is 2.09. The Balaban J connectivity index is 1.78. The highest BCUT2D eigenvalue weighted by atomic mass is 19.1. The van der Waals surface area contributed by atoms with Crippen LogP contribution in [0.3, 0.4) is 0 Å². The number of carbonyl (C=O) groups is 1. The maximum absolute atomic E-state index is 14.3. The maximum atomic E-state index is 14.3. The van der Waals surface area contributed by atoms with Crippen LogP contribution < -0.4 is 4.90 Å². The number of hydrogen-bond donors (Lipinski definition) is 0. The highest BCUT2D eigenvalue weighted by Gasteiger charge is 2.16. The number of halogens is 3. The molecular formula is C19H16F3NO2. The molecule has 2 aromatic carbocycles. The van der Waals surface area contributed by atoms with E-state index in [1.807, 2.05) is 4.90 Å². The number of ether oxygens (including phenoxy) is 1. The molecule has 1 fully saturated rings. The van der Waals surface area contributed by atoms with E-state index < -0.39 is 23.2 Å². The monoisotopic (exact) mass is 347 g/mol. The van der Waals surface area contributed by atoms with Gasteiger partial charge in [-0.15, -0.1) is 0 Å². The Labute approximate surface area is 143 Å². The van der Waals surface area contributed by atoms with Gasteiger partial charge in [-0.3, -0.25) is 4.79 Å². The van der Waals surface area contributed by atoms with Crippen molar-refractivity contribution < 1.29 is 22.7 Å². The molecule has 0 atom stereocenters. The smallest absolute Gasteiger partial charge is 0.185 e. The molecule has 1 aliphatic rings. The van der Waals surface area contributed by atoms with Gasteiger partial charge in [0.15, 0.2) is 5.78 Å². The third kappa shape index (κ3) is 3.91. The van der Waals surface area contributed by atoms with E-state index in [4.69, 9.17) is 4.74 Å². The predicted molar refractivity (Wildman–Crippen MR) is 89.2 cm³/mol. The summed E-state index contributed by atoms with van der Waals surface area (Å²) in [6, 6.07) is 7.61. The molecule has 0 aliphatic carbocycles. The summed E-state index contributed by atoms with van der Waals surface area (Å²) in [4.78, 5) is 14.0. The van der Waals surface area contributed by atoms with Crippen molar-refractivity contribution in [1.29, 1.82) is 0 Å². The first-order valence-corrected chi connectivity index (χ1v) is 7.85. The number of anilines is 1. The van der Waals surface area contributed by atoms with Crippen LogP contribution >= 0.6 is 0 Å². The largest absolute Gasteiger partial charge is 0.378 e. The minimum Gasteiger partial charge on any atom is -0.378 e. The normalized spacial score (nSPS) is 14.9. The molecule has 0 spiro atoms. The Morgan fingerprint density at radius 3 is 2.32 bits per heavy atom. The van der Waals surface area contributed by atoms with Crippen LogP contribution in [0, 0.1) is 17.5 Å². The quantitative estimate of drug-likeness (QED) is 0.622. The summed E-state index contributed by atoms with van der Waals surface area (Å²) in [7, 11) is 0. The highest BCUT2D eigenvalue weighted by molar-refractivity contribution is 6.07. The van der Waals surface area contributed by atoms with Crippen LogP contribution in [0.1, 0.15) is 15.9 Å². The second-order valence-corrected chi connectivity index (χ2v) is 5.60. The fourth-order valence-corrected chi connectivity index (χ4v) is 2.65. The average Bonchev–Trinajstić information content (AvgIpc) is 2.61. The molecule has 0 amide bonds. The molecule has 0 N–H and O–H groups in total. The summed E-state index contributed by atoms with van der Waals surface area (Å²) in [5, 5.41) is 0. The molecule has 0 bridgehead atoms. The molecule has 1 aliphatic heterocycles. The summed E-state index contributed by atoms with van der Waals surface area (Å²) in [5.74, 6) is -2.58. The number of morpholine rings is 1. The van der Waals surface area contributed by atoms with E-state index in [1.165, 1.54) is 18.2 Å². The Morgan fingerprint density at radius 1 is 1.00 bits per heavy atom. The molecule has 6 heteroatoms. The molecule has 0 unspecified atom stereocenters. The van der Waals surface area contributed by atoms with Crippen molar-refractivity contribution in [3.05, 3.63) is 71.1 Å². The number of nitrogens with zero attached hydrogens (tertiary/aromatic N) is 1. The maximum Gasteiger partial charge on any atom is 0.185 e. The summed E-state index contributed by atoms with van der Waals surface area (Å²) in [6.45, 7) is 2.21. The average molecular weight is 347 g/mol. The fraction of sp³-hybridized carbons (Fsp3) is 0.211. The molecule has 130 valence electrons. The Kier molecular flexibility index (Phi) is 5.19. The van der Waals surface area contributed by atoms with Crippen LogP contribution in [0.5, 0.6) is 0 Å². The predicted octanol–water partition coefficient (Wildman–Crippen LogP) is 3.84. The van der Waals surface area contributed by atoms with Crippen LogP contribution in [-0.2, 0) is 4.74 Å². The first-order chi connectivity index (χ1) is 12.1. The van der Waals surface area contributed by atoms with E-state index in [2.05, 4.69) is 0 Å². The molecule has 0 saturated carbocycles. The van der Waals surface area contributed by atoms with E-state index >= 15 is 0 Å². The lowest BCUT2D eigenvalue weighted by Gasteiger charge is -2.29. The topological polar surface area (TPSA) is 29.5 Å². The van der Waals surface area contributed by atoms with Crippen molar-refractivity contribution >= 4 is 17.5 Å². The number of carbonyl (C=O) groups excluding carboxylic acids is 1. The molecule has 25 heavy (non-hydrogen) atoms. The molecule has 1 saturated heterocycles. The zero-order chi connectivity index (χ0) is 17.8. The van der Waals surface area contributed by atoms with Crippen molar-refractivity contribution in [2.24, 2.45) is 0 Å². The zero-order valence-electron chi connectivity index (χ0n) is 13.3. The van der Waals surface area contributed by atoms with E-state index in [0.29, 0.717) is 32.0 Å². The summed E-state index contributed by atoms with van der Waals surface area (Å²) < 4.78 is 46.6.